The standard InChI is InChI=1S/C8H18O4.3C3H4O2/c1-6(11)8(4-9,5-10)7(2,3)12;3*1-2-3(4)5/h6,9-12H,4-5H2,1-3H3;3*2H,1H2,(H,4,5). The molecular weight excluding hydrogens is 364 g/mol. The fraction of sp³-hybridized carbons (Fsp3) is 0.471. The number of aliphatic carboxylic acids is 3. The van der Waals surface area contributed by atoms with Gasteiger partial charge < -0.3 is 35.7 Å². The number of hydrogen-bond donors (Lipinski definition) is 7. The van der Waals surface area contributed by atoms with Gasteiger partial charge in [0.1, 0.15) is 0 Å². The summed E-state index contributed by atoms with van der Waals surface area (Å²) in [7, 11) is 0. The van der Waals surface area contributed by atoms with Gasteiger partial charge in [-0.05, 0) is 20.8 Å². The quantitative estimate of drug-likeness (QED) is 0.286. The van der Waals surface area contributed by atoms with E-state index in [1.807, 2.05) is 0 Å². The molecule has 0 spiro atoms. The van der Waals surface area contributed by atoms with Crippen LogP contribution in [0.5, 0.6) is 0 Å². The van der Waals surface area contributed by atoms with Crippen molar-refractivity contribution >= 4 is 17.9 Å². The maximum Gasteiger partial charge on any atom is 0.327 e. The molecule has 0 heterocycles. The average Bonchev–Trinajstić information content (AvgIpc) is 2.56. The Bertz CT molecular complexity index is 428. The molecule has 10 heteroatoms. The number of hydrogen-bond acceptors (Lipinski definition) is 7. The van der Waals surface area contributed by atoms with Gasteiger partial charge in [0.15, 0.2) is 0 Å². The summed E-state index contributed by atoms with van der Waals surface area (Å²) in [6.45, 7) is 12.3. The van der Waals surface area contributed by atoms with Crippen LogP contribution in [-0.2, 0) is 14.4 Å². The Morgan fingerprint density at radius 3 is 1.04 bits per heavy atom. The van der Waals surface area contributed by atoms with Gasteiger partial charge in [0, 0.05) is 18.2 Å². The maximum absolute atomic E-state index is 9.62. The molecule has 0 aliphatic heterocycles. The van der Waals surface area contributed by atoms with E-state index in [4.69, 9.17) is 25.5 Å². The van der Waals surface area contributed by atoms with Gasteiger partial charge >= 0.3 is 17.9 Å². The largest absolute Gasteiger partial charge is 0.478 e. The smallest absolute Gasteiger partial charge is 0.327 e. The molecule has 0 rings (SSSR count). The van der Waals surface area contributed by atoms with Gasteiger partial charge in [0.05, 0.1) is 30.3 Å². The van der Waals surface area contributed by atoms with Gasteiger partial charge in [0.25, 0.3) is 0 Å². The Labute approximate surface area is 158 Å². The molecule has 7 N–H and O–H groups in total. The summed E-state index contributed by atoms with van der Waals surface area (Å²) >= 11 is 0. The summed E-state index contributed by atoms with van der Waals surface area (Å²) in [6, 6.07) is 0. The Morgan fingerprint density at radius 1 is 0.852 bits per heavy atom. The molecular formula is C17H30O10. The highest BCUT2D eigenvalue weighted by molar-refractivity contribution is 5.79. The van der Waals surface area contributed by atoms with Crippen molar-refractivity contribution in [3.05, 3.63) is 38.0 Å². The molecule has 27 heavy (non-hydrogen) atoms. The molecule has 0 aliphatic rings. The SMILES string of the molecule is C=CC(=O)O.C=CC(=O)O.C=CC(=O)O.CC(O)C(CO)(CO)C(C)(C)O. The van der Waals surface area contributed by atoms with E-state index in [0.29, 0.717) is 0 Å². The van der Waals surface area contributed by atoms with Crippen molar-refractivity contribution in [3.8, 4) is 0 Å². The van der Waals surface area contributed by atoms with E-state index in [2.05, 4.69) is 19.7 Å². The van der Waals surface area contributed by atoms with E-state index in [1.165, 1.54) is 20.8 Å². The molecule has 0 amide bonds. The monoisotopic (exact) mass is 394 g/mol. The van der Waals surface area contributed by atoms with Crippen LogP contribution >= 0.6 is 0 Å². The molecule has 158 valence electrons. The number of carboxylic acids is 3. The first-order valence-corrected chi connectivity index (χ1v) is 7.31. The molecule has 1 atom stereocenters. The second-order valence-corrected chi connectivity index (χ2v) is 5.33. The zero-order chi connectivity index (χ0) is 22.8. The minimum atomic E-state index is -1.31. The second-order valence-electron chi connectivity index (χ2n) is 5.33. The van der Waals surface area contributed by atoms with Crippen molar-refractivity contribution in [3.63, 3.8) is 0 Å². The minimum Gasteiger partial charge on any atom is -0.478 e. The van der Waals surface area contributed by atoms with Crippen molar-refractivity contribution in [2.24, 2.45) is 5.41 Å². The van der Waals surface area contributed by atoms with Crippen molar-refractivity contribution in [2.75, 3.05) is 13.2 Å². The molecule has 0 aromatic heterocycles. The summed E-state index contributed by atoms with van der Waals surface area (Å²) in [5, 5.41) is 59.8. The number of rotatable bonds is 7. The Balaban J connectivity index is -0.000000147. The van der Waals surface area contributed by atoms with Crippen LogP contribution in [-0.4, -0.2) is 78.6 Å². The van der Waals surface area contributed by atoms with Crippen LogP contribution in [0, 0.1) is 5.41 Å². The molecule has 0 fully saturated rings. The lowest BCUT2D eigenvalue weighted by Gasteiger charge is -2.42. The van der Waals surface area contributed by atoms with Crippen LogP contribution in [0.3, 0.4) is 0 Å². The van der Waals surface area contributed by atoms with Crippen LogP contribution in [0.2, 0.25) is 0 Å². The Kier molecular flexibility index (Phi) is 20.1. The number of carboxylic acid groups (broad SMARTS) is 3. The number of carbonyl (C=O) groups is 3. The third kappa shape index (κ3) is 18.1. The molecule has 0 bridgehead atoms. The van der Waals surface area contributed by atoms with Gasteiger partial charge in [-0.2, -0.15) is 0 Å². The predicted molar refractivity (Wildman–Crippen MR) is 98.1 cm³/mol. The summed E-state index contributed by atoms with van der Waals surface area (Å²) in [6.07, 6.45) is 1.53. The molecule has 0 aromatic rings. The van der Waals surface area contributed by atoms with E-state index >= 15 is 0 Å². The summed E-state index contributed by atoms with van der Waals surface area (Å²) in [5.41, 5.74) is -2.57. The highest BCUT2D eigenvalue weighted by Crippen LogP contribution is 2.33. The molecule has 0 saturated heterocycles. The highest BCUT2D eigenvalue weighted by Gasteiger charge is 2.47. The van der Waals surface area contributed by atoms with Crippen molar-refractivity contribution in [2.45, 2.75) is 32.5 Å². The summed E-state index contributed by atoms with van der Waals surface area (Å²) in [4.78, 5) is 27.8. The fourth-order valence-electron chi connectivity index (χ4n) is 1.21. The number of aliphatic hydroxyl groups excluding tert-OH is 3. The van der Waals surface area contributed by atoms with E-state index < -0.39 is 48.2 Å². The zero-order valence-electron chi connectivity index (χ0n) is 15.7. The lowest BCUT2D eigenvalue weighted by atomic mass is 9.71. The van der Waals surface area contributed by atoms with E-state index in [-0.39, 0.29) is 0 Å². The predicted octanol–water partition coefficient (Wildman–Crippen LogP) is -0.120. The van der Waals surface area contributed by atoms with Crippen molar-refractivity contribution < 1.29 is 50.1 Å². The third-order valence-electron chi connectivity index (χ3n) is 3.11. The van der Waals surface area contributed by atoms with Crippen molar-refractivity contribution in [1.82, 2.24) is 0 Å². The van der Waals surface area contributed by atoms with Crippen LogP contribution in [0.4, 0.5) is 0 Å². The van der Waals surface area contributed by atoms with Gasteiger partial charge in [-0.25, -0.2) is 14.4 Å². The Hall–Kier alpha value is -2.53. The molecule has 0 aliphatic carbocycles. The topological polar surface area (TPSA) is 193 Å². The van der Waals surface area contributed by atoms with Gasteiger partial charge in [-0.15, -0.1) is 0 Å². The van der Waals surface area contributed by atoms with Crippen LogP contribution in [0.25, 0.3) is 0 Å². The normalized spacial score (nSPS) is 10.8. The molecule has 0 radical (unpaired) electrons. The third-order valence-corrected chi connectivity index (χ3v) is 3.11. The van der Waals surface area contributed by atoms with Crippen LogP contribution < -0.4 is 0 Å². The van der Waals surface area contributed by atoms with E-state index in [1.54, 1.807) is 0 Å². The minimum absolute atomic E-state index is 0.454. The van der Waals surface area contributed by atoms with Gasteiger partial charge in [-0.1, -0.05) is 19.7 Å². The summed E-state index contributed by atoms with van der Waals surface area (Å²) < 4.78 is 0. The lowest BCUT2D eigenvalue weighted by molar-refractivity contribution is -0.162. The highest BCUT2D eigenvalue weighted by atomic mass is 16.4. The second kappa shape index (κ2) is 16.9. The first-order valence-electron chi connectivity index (χ1n) is 7.31. The van der Waals surface area contributed by atoms with Gasteiger partial charge in [0.2, 0.25) is 0 Å². The first kappa shape index (κ1) is 32.2. The molecule has 0 aromatic carbocycles. The maximum atomic E-state index is 9.62. The fourth-order valence-corrected chi connectivity index (χ4v) is 1.21. The Morgan fingerprint density at radius 2 is 1.04 bits per heavy atom. The van der Waals surface area contributed by atoms with E-state index in [0.717, 1.165) is 18.2 Å². The van der Waals surface area contributed by atoms with Crippen LogP contribution in [0.1, 0.15) is 20.8 Å². The van der Waals surface area contributed by atoms with Crippen LogP contribution in [0.15, 0.2) is 38.0 Å². The first-order chi connectivity index (χ1) is 12.1. The van der Waals surface area contributed by atoms with E-state index in [9.17, 15) is 24.6 Å². The molecule has 10 nitrogen and oxygen atoms in total. The lowest BCUT2D eigenvalue weighted by Crippen LogP contribution is -2.55. The van der Waals surface area contributed by atoms with Gasteiger partial charge in [-0.3, -0.25) is 0 Å². The summed E-state index contributed by atoms with van der Waals surface area (Å²) in [5.74, 6) is -2.94. The average molecular weight is 394 g/mol. The molecule has 1 unspecified atom stereocenters. The molecule has 0 saturated carbocycles. The number of aliphatic hydroxyl groups is 4. The van der Waals surface area contributed by atoms with Crippen molar-refractivity contribution in [1.29, 1.82) is 0 Å². The zero-order valence-corrected chi connectivity index (χ0v) is 15.7.